The molecule has 0 radical (unpaired) electrons. The van der Waals surface area contributed by atoms with Crippen LogP contribution in [0.15, 0.2) is 24.9 Å². The Morgan fingerprint density at radius 3 is 2.86 bits per heavy atom. The largest absolute Gasteiger partial charge is 0.340 e. The van der Waals surface area contributed by atoms with Crippen molar-refractivity contribution in [3.8, 4) is 5.95 Å². The molecule has 7 nitrogen and oxygen atoms in total. The van der Waals surface area contributed by atoms with Crippen molar-refractivity contribution in [2.45, 2.75) is 39.3 Å². The lowest BCUT2D eigenvalue weighted by Gasteiger charge is -2.39. The summed E-state index contributed by atoms with van der Waals surface area (Å²) >= 11 is 0. The second-order valence-electron chi connectivity index (χ2n) is 5.29. The van der Waals surface area contributed by atoms with Crippen molar-refractivity contribution in [2.75, 3.05) is 10.2 Å². The first kappa shape index (κ1) is 13.5. The number of fused-ring (bicyclic) bond motifs is 1. The number of amides is 1. The molecule has 21 heavy (non-hydrogen) atoms. The van der Waals surface area contributed by atoms with Crippen LogP contribution in [0.3, 0.4) is 0 Å². The number of rotatable bonds is 3. The number of hydrogen-bond donors (Lipinski definition) is 1. The van der Waals surface area contributed by atoms with E-state index in [1.54, 1.807) is 29.5 Å². The van der Waals surface area contributed by atoms with Crippen LogP contribution < -0.4 is 10.2 Å². The maximum absolute atomic E-state index is 12.2. The summed E-state index contributed by atoms with van der Waals surface area (Å²) in [6.45, 7) is 6.12. The van der Waals surface area contributed by atoms with Crippen molar-refractivity contribution in [1.29, 1.82) is 0 Å². The van der Waals surface area contributed by atoms with Crippen molar-refractivity contribution >= 4 is 17.4 Å². The fourth-order valence-corrected chi connectivity index (χ4v) is 2.63. The lowest BCUT2D eigenvalue weighted by atomic mass is 10.1. The van der Waals surface area contributed by atoms with E-state index in [0.717, 1.165) is 12.2 Å². The van der Waals surface area contributed by atoms with Crippen molar-refractivity contribution in [3.63, 3.8) is 0 Å². The van der Waals surface area contributed by atoms with Crippen LogP contribution in [0.1, 0.15) is 27.2 Å². The Kier molecular flexibility index (Phi) is 3.32. The van der Waals surface area contributed by atoms with Gasteiger partial charge < -0.3 is 10.2 Å². The third-order valence-electron chi connectivity index (χ3n) is 3.58. The first-order valence-corrected chi connectivity index (χ1v) is 7.06. The third kappa shape index (κ3) is 2.24. The van der Waals surface area contributed by atoms with Gasteiger partial charge in [0.1, 0.15) is 18.1 Å². The predicted molar refractivity (Wildman–Crippen MR) is 79.5 cm³/mol. The van der Waals surface area contributed by atoms with E-state index < -0.39 is 0 Å². The van der Waals surface area contributed by atoms with Crippen LogP contribution in [0.25, 0.3) is 5.95 Å². The summed E-state index contributed by atoms with van der Waals surface area (Å²) in [5.74, 6) is 1.30. The molecule has 3 rings (SSSR count). The Hall–Kier alpha value is -2.44. The second kappa shape index (κ2) is 5.16. The van der Waals surface area contributed by atoms with E-state index in [-0.39, 0.29) is 18.0 Å². The van der Waals surface area contributed by atoms with Crippen LogP contribution in [-0.2, 0) is 4.79 Å². The maximum atomic E-state index is 12.2. The zero-order valence-corrected chi connectivity index (χ0v) is 12.3. The summed E-state index contributed by atoms with van der Waals surface area (Å²) in [7, 11) is 0. The summed E-state index contributed by atoms with van der Waals surface area (Å²) in [6, 6.07) is -0.0340. The molecular formula is C14H18N6O. The molecule has 7 heteroatoms. The Balaban J connectivity index is 2.10. The van der Waals surface area contributed by atoms with Gasteiger partial charge in [-0.2, -0.15) is 4.98 Å². The van der Waals surface area contributed by atoms with E-state index in [2.05, 4.69) is 39.0 Å². The van der Waals surface area contributed by atoms with Gasteiger partial charge >= 0.3 is 0 Å². The maximum Gasteiger partial charge on any atom is 0.247 e. The van der Waals surface area contributed by atoms with Gasteiger partial charge in [-0.05, 0) is 20.3 Å². The van der Waals surface area contributed by atoms with Crippen LogP contribution >= 0.6 is 0 Å². The first-order valence-electron chi connectivity index (χ1n) is 7.06. The smallest absolute Gasteiger partial charge is 0.247 e. The molecule has 3 heterocycles. The van der Waals surface area contributed by atoms with Gasteiger partial charge in [-0.15, -0.1) is 0 Å². The average molecular weight is 286 g/mol. The minimum absolute atomic E-state index is 0.00215. The van der Waals surface area contributed by atoms with Gasteiger partial charge in [0.05, 0.1) is 6.20 Å². The lowest BCUT2D eigenvalue weighted by molar-refractivity contribution is -0.117. The SMILES string of the molecule is CCC1C(=O)Nc2cnc(-n3ccnc3)nc2N1C(C)C. The zero-order valence-electron chi connectivity index (χ0n) is 12.3. The molecule has 0 spiro atoms. The predicted octanol–water partition coefficient (Wildman–Crippen LogP) is 1.61. The van der Waals surface area contributed by atoms with Crippen LogP contribution in [0.5, 0.6) is 0 Å². The van der Waals surface area contributed by atoms with Crippen LogP contribution in [0, 0.1) is 0 Å². The fourth-order valence-electron chi connectivity index (χ4n) is 2.63. The Morgan fingerprint density at radius 2 is 2.24 bits per heavy atom. The van der Waals surface area contributed by atoms with Gasteiger partial charge in [0, 0.05) is 18.4 Å². The lowest BCUT2D eigenvalue weighted by Crippen LogP contribution is -2.51. The van der Waals surface area contributed by atoms with Gasteiger partial charge in [-0.1, -0.05) is 6.92 Å². The zero-order chi connectivity index (χ0) is 15.0. The molecule has 2 aromatic heterocycles. The molecule has 1 N–H and O–H groups in total. The molecule has 0 aromatic carbocycles. The summed E-state index contributed by atoms with van der Waals surface area (Å²) < 4.78 is 1.75. The van der Waals surface area contributed by atoms with Crippen molar-refractivity contribution in [1.82, 2.24) is 19.5 Å². The third-order valence-corrected chi connectivity index (χ3v) is 3.58. The number of hydrogen-bond acceptors (Lipinski definition) is 5. The van der Waals surface area contributed by atoms with Gasteiger partial charge in [0.25, 0.3) is 0 Å². The van der Waals surface area contributed by atoms with E-state index in [1.165, 1.54) is 0 Å². The first-order chi connectivity index (χ1) is 10.1. The van der Waals surface area contributed by atoms with Crippen LogP contribution in [0.2, 0.25) is 0 Å². The average Bonchev–Trinajstić information content (AvgIpc) is 2.99. The summed E-state index contributed by atoms with van der Waals surface area (Å²) in [5, 5.41) is 2.89. The molecule has 0 bridgehead atoms. The Morgan fingerprint density at radius 1 is 1.43 bits per heavy atom. The normalized spacial score (nSPS) is 17.8. The molecule has 0 saturated heterocycles. The number of carbonyl (C=O) groups excluding carboxylic acids is 1. The summed E-state index contributed by atoms with van der Waals surface area (Å²) in [6.07, 6.45) is 7.50. The second-order valence-corrected chi connectivity index (χ2v) is 5.29. The number of anilines is 2. The number of nitrogens with one attached hydrogen (secondary N) is 1. The van der Waals surface area contributed by atoms with E-state index in [4.69, 9.17) is 0 Å². The monoisotopic (exact) mass is 286 g/mol. The topological polar surface area (TPSA) is 75.9 Å². The fraction of sp³-hybridized carbons (Fsp3) is 0.429. The molecule has 0 fully saturated rings. The summed E-state index contributed by atoms with van der Waals surface area (Å²) in [4.78, 5) is 27.2. The van der Waals surface area contributed by atoms with E-state index >= 15 is 0 Å². The highest BCUT2D eigenvalue weighted by atomic mass is 16.2. The quantitative estimate of drug-likeness (QED) is 0.927. The van der Waals surface area contributed by atoms with E-state index in [1.807, 2.05) is 6.92 Å². The highest BCUT2D eigenvalue weighted by Gasteiger charge is 2.34. The molecule has 0 saturated carbocycles. The van der Waals surface area contributed by atoms with Gasteiger partial charge in [0.15, 0.2) is 5.82 Å². The number of aromatic nitrogens is 4. The van der Waals surface area contributed by atoms with Gasteiger partial charge in [0.2, 0.25) is 11.9 Å². The highest BCUT2D eigenvalue weighted by molar-refractivity contribution is 6.02. The Bertz CT molecular complexity index is 651. The molecule has 1 amide bonds. The number of imidazole rings is 1. The number of carbonyl (C=O) groups is 1. The standard InChI is InChI=1S/C14H18N6O/c1-4-11-13(21)17-10-7-16-14(19-6-5-15-8-19)18-12(10)20(11)9(2)3/h5-9,11H,4H2,1-3H3,(H,17,21). The minimum atomic E-state index is -0.206. The molecule has 110 valence electrons. The molecule has 1 aliphatic heterocycles. The number of nitrogens with zero attached hydrogens (tertiary/aromatic N) is 5. The van der Waals surface area contributed by atoms with Gasteiger partial charge in [-0.3, -0.25) is 9.36 Å². The van der Waals surface area contributed by atoms with Gasteiger partial charge in [-0.25, -0.2) is 9.97 Å². The molecule has 0 aliphatic carbocycles. The van der Waals surface area contributed by atoms with Crippen molar-refractivity contribution in [3.05, 3.63) is 24.9 Å². The minimum Gasteiger partial charge on any atom is -0.340 e. The molecule has 1 unspecified atom stereocenters. The molecule has 1 aliphatic rings. The molecular weight excluding hydrogens is 268 g/mol. The van der Waals surface area contributed by atoms with Crippen molar-refractivity contribution < 1.29 is 4.79 Å². The van der Waals surface area contributed by atoms with Crippen LogP contribution in [0.4, 0.5) is 11.5 Å². The Labute approximate surface area is 123 Å². The van der Waals surface area contributed by atoms with E-state index in [0.29, 0.717) is 11.6 Å². The molecule has 2 aromatic rings. The summed E-state index contributed by atoms with van der Waals surface area (Å²) in [5.41, 5.74) is 0.655. The van der Waals surface area contributed by atoms with Crippen LogP contribution in [-0.4, -0.2) is 37.5 Å². The van der Waals surface area contributed by atoms with E-state index in [9.17, 15) is 4.79 Å². The molecule has 1 atom stereocenters. The highest BCUT2D eigenvalue weighted by Crippen LogP contribution is 2.32. The van der Waals surface area contributed by atoms with Crippen molar-refractivity contribution in [2.24, 2.45) is 0 Å².